The van der Waals surface area contributed by atoms with E-state index in [2.05, 4.69) is 5.32 Å². The van der Waals surface area contributed by atoms with Gasteiger partial charge in [0.1, 0.15) is 0 Å². The largest absolute Gasteiger partial charge is 0.419 e. The lowest BCUT2D eigenvalue weighted by Crippen LogP contribution is -2.28. The minimum absolute atomic E-state index is 0.0781. The molecule has 0 saturated heterocycles. The third kappa shape index (κ3) is 4.54. The van der Waals surface area contributed by atoms with Gasteiger partial charge in [-0.15, -0.1) is 0 Å². The van der Waals surface area contributed by atoms with Crippen LogP contribution in [-0.2, 0) is 0 Å². The van der Waals surface area contributed by atoms with Gasteiger partial charge >= 0.3 is 6.18 Å². The predicted molar refractivity (Wildman–Crippen MR) is 38.7 cm³/mol. The van der Waals surface area contributed by atoms with Crippen LogP contribution in [0.25, 0.3) is 0 Å². The van der Waals surface area contributed by atoms with E-state index >= 15 is 0 Å². The molecule has 0 aromatic heterocycles. The summed E-state index contributed by atoms with van der Waals surface area (Å²) in [5.41, 5.74) is 0. The summed E-state index contributed by atoms with van der Waals surface area (Å²) in [6, 6.07) is -0.0781. The van der Waals surface area contributed by atoms with E-state index in [4.69, 9.17) is 0 Å². The zero-order chi connectivity index (χ0) is 9.78. The lowest BCUT2D eigenvalue weighted by atomic mass is 10.1. The Labute approximate surface area is 69.1 Å². The van der Waals surface area contributed by atoms with Crippen molar-refractivity contribution in [2.24, 2.45) is 0 Å². The van der Waals surface area contributed by atoms with Gasteiger partial charge < -0.3 is 5.32 Å². The highest BCUT2D eigenvalue weighted by Gasteiger charge is 2.39. The Morgan fingerprint density at radius 3 is 2.08 bits per heavy atom. The van der Waals surface area contributed by atoms with E-state index in [0.29, 0.717) is 0 Å². The third-order valence-electron chi connectivity index (χ3n) is 1.70. The van der Waals surface area contributed by atoms with E-state index in [1.165, 1.54) is 0 Å². The standard InChI is InChI=1S/C7H13F4N/c1-5(12-2)3-4-6(8)7(9,10)11/h5-6,12H,3-4H2,1-2H3. The van der Waals surface area contributed by atoms with E-state index in [-0.39, 0.29) is 12.5 Å². The molecule has 1 nitrogen and oxygen atoms in total. The Hall–Kier alpha value is -0.320. The van der Waals surface area contributed by atoms with Crippen molar-refractivity contribution < 1.29 is 17.6 Å². The third-order valence-corrected chi connectivity index (χ3v) is 1.70. The second kappa shape index (κ2) is 4.64. The van der Waals surface area contributed by atoms with Gasteiger partial charge in [0, 0.05) is 6.04 Å². The Balaban J connectivity index is 3.64. The van der Waals surface area contributed by atoms with Crippen molar-refractivity contribution in [1.29, 1.82) is 0 Å². The van der Waals surface area contributed by atoms with E-state index in [1.54, 1.807) is 14.0 Å². The van der Waals surface area contributed by atoms with Crippen molar-refractivity contribution in [3.8, 4) is 0 Å². The molecule has 0 rings (SSSR count). The maximum atomic E-state index is 12.3. The van der Waals surface area contributed by atoms with Crippen LogP contribution in [0.15, 0.2) is 0 Å². The SMILES string of the molecule is CNC(C)CCC(F)C(F)(F)F. The number of hydrogen-bond acceptors (Lipinski definition) is 1. The van der Waals surface area contributed by atoms with Crippen molar-refractivity contribution in [2.45, 2.75) is 38.2 Å². The maximum Gasteiger partial charge on any atom is 0.419 e. The van der Waals surface area contributed by atoms with Crippen LogP contribution < -0.4 is 5.32 Å². The van der Waals surface area contributed by atoms with Crippen molar-refractivity contribution in [1.82, 2.24) is 5.32 Å². The fourth-order valence-electron chi connectivity index (χ4n) is 0.704. The Morgan fingerprint density at radius 2 is 1.75 bits per heavy atom. The van der Waals surface area contributed by atoms with Crippen LogP contribution in [-0.4, -0.2) is 25.4 Å². The summed E-state index contributed by atoms with van der Waals surface area (Å²) in [4.78, 5) is 0. The first-order valence-corrected chi connectivity index (χ1v) is 3.76. The summed E-state index contributed by atoms with van der Waals surface area (Å²) in [5, 5.41) is 2.74. The van der Waals surface area contributed by atoms with E-state index in [1.807, 2.05) is 0 Å². The fourth-order valence-corrected chi connectivity index (χ4v) is 0.704. The van der Waals surface area contributed by atoms with Crippen LogP contribution in [0.5, 0.6) is 0 Å². The molecule has 0 spiro atoms. The second-order valence-corrected chi connectivity index (χ2v) is 2.78. The van der Waals surface area contributed by atoms with Gasteiger partial charge in [-0.25, -0.2) is 4.39 Å². The normalized spacial score (nSPS) is 17.5. The molecule has 74 valence electrons. The molecular weight excluding hydrogens is 174 g/mol. The monoisotopic (exact) mass is 187 g/mol. The lowest BCUT2D eigenvalue weighted by Gasteiger charge is -2.14. The molecule has 0 fully saturated rings. The molecular formula is C7H13F4N. The van der Waals surface area contributed by atoms with Crippen LogP contribution in [0.4, 0.5) is 17.6 Å². The van der Waals surface area contributed by atoms with E-state index < -0.39 is 18.8 Å². The summed E-state index contributed by atoms with van der Waals surface area (Å²) in [6.07, 6.45) is -7.66. The Bertz CT molecular complexity index is 123. The zero-order valence-corrected chi connectivity index (χ0v) is 7.08. The van der Waals surface area contributed by atoms with Gasteiger partial charge in [-0.05, 0) is 26.8 Å². The summed E-state index contributed by atoms with van der Waals surface area (Å²) in [7, 11) is 1.63. The van der Waals surface area contributed by atoms with Crippen LogP contribution in [0, 0.1) is 0 Å². The quantitative estimate of drug-likeness (QED) is 0.666. The molecule has 0 aliphatic heterocycles. The van der Waals surface area contributed by atoms with E-state index in [9.17, 15) is 17.6 Å². The van der Waals surface area contributed by atoms with Crippen molar-refractivity contribution in [2.75, 3.05) is 7.05 Å². The van der Waals surface area contributed by atoms with Crippen LogP contribution in [0.3, 0.4) is 0 Å². The second-order valence-electron chi connectivity index (χ2n) is 2.78. The highest BCUT2D eigenvalue weighted by atomic mass is 19.4. The first kappa shape index (κ1) is 11.7. The average molecular weight is 187 g/mol. The molecule has 0 heterocycles. The molecule has 5 heteroatoms. The van der Waals surface area contributed by atoms with Crippen molar-refractivity contribution in [3.05, 3.63) is 0 Å². The van der Waals surface area contributed by atoms with Crippen LogP contribution in [0.2, 0.25) is 0 Å². The highest BCUT2D eigenvalue weighted by molar-refractivity contribution is 4.68. The van der Waals surface area contributed by atoms with Gasteiger partial charge in [-0.3, -0.25) is 0 Å². The molecule has 12 heavy (non-hydrogen) atoms. The zero-order valence-electron chi connectivity index (χ0n) is 7.08. The van der Waals surface area contributed by atoms with Gasteiger partial charge in [0.15, 0.2) is 6.17 Å². The summed E-state index contributed by atoms with van der Waals surface area (Å²) in [5.74, 6) is 0. The molecule has 0 aliphatic rings. The molecule has 0 amide bonds. The summed E-state index contributed by atoms with van der Waals surface area (Å²) < 4.78 is 47.1. The number of alkyl halides is 4. The molecule has 1 N–H and O–H groups in total. The minimum Gasteiger partial charge on any atom is -0.317 e. The molecule has 0 saturated carbocycles. The Kier molecular flexibility index (Phi) is 4.52. The topological polar surface area (TPSA) is 12.0 Å². The first-order chi connectivity index (χ1) is 5.38. The van der Waals surface area contributed by atoms with Gasteiger partial charge in [-0.1, -0.05) is 0 Å². The smallest absolute Gasteiger partial charge is 0.317 e. The first-order valence-electron chi connectivity index (χ1n) is 3.76. The maximum absolute atomic E-state index is 12.3. The average Bonchev–Trinajstić information content (AvgIpc) is 1.97. The predicted octanol–water partition coefficient (Wildman–Crippen LogP) is 2.27. The van der Waals surface area contributed by atoms with Crippen molar-refractivity contribution in [3.63, 3.8) is 0 Å². The van der Waals surface area contributed by atoms with Gasteiger partial charge in [0.25, 0.3) is 0 Å². The van der Waals surface area contributed by atoms with Crippen molar-refractivity contribution >= 4 is 0 Å². The van der Waals surface area contributed by atoms with Gasteiger partial charge in [0.05, 0.1) is 0 Å². The highest BCUT2D eigenvalue weighted by Crippen LogP contribution is 2.26. The summed E-state index contributed by atoms with van der Waals surface area (Å²) in [6.45, 7) is 1.71. The Morgan fingerprint density at radius 1 is 1.25 bits per heavy atom. The molecule has 0 aromatic carbocycles. The number of rotatable bonds is 4. The van der Waals surface area contributed by atoms with Crippen LogP contribution >= 0.6 is 0 Å². The minimum atomic E-state index is -4.70. The molecule has 0 aliphatic carbocycles. The number of hydrogen-bond donors (Lipinski definition) is 1. The van der Waals surface area contributed by atoms with Gasteiger partial charge in [0.2, 0.25) is 0 Å². The molecule has 0 bridgehead atoms. The molecule has 0 radical (unpaired) electrons. The van der Waals surface area contributed by atoms with Crippen LogP contribution in [0.1, 0.15) is 19.8 Å². The lowest BCUT2D eigenvalue weighted by molar-refractivity contribution is -0.182. The van der Waals surface area contributed by atoms with E-state index in [0.717, 1.165) is 0 Å². The molecule has 0 aromatic rings. The molecule has 2 atom stereocenters. The van der Waals surface area contributed by atoms with Gasteiger partial charge in [-0.2, -0.15) is 13.2 Å². The summed E-state index contributed by atoms with van der Waals surface area (Å²) >= 11 is 0. The molecule has 2 unspecified atom stereocenters. The fraction of sp³-hybridized carbons (Fsp3) is 1.00. The number of nitrogens with one attached hydrogen (secondary N) is 1. The number of halogens is 4.